The molecule has 1 saturated heterocycles. The Morgan fingerprint density at radius 3 is 2.88 bits per heavy atom. The predicted octanol–water partition coefficient (Wildman–Crippen LogP) is 2.07. The van der Waals surface area contributed by atoms with Crippen molar-refractivity contribution in [3.8, 4) is 0 Å². The Bertz CT molecular complexity index is 1390. The lowest BCUT2D eigenvalue weighted by Crippen LogP contribution is -2.49. The number of amides is 1. The number of hydrogen-bond acceptors (Lipinski definition) is 7. The van der Waals surface area contributed by atoms with Crippen LogP contribution in [0.4, 0.5) is 10.4 Å². The number of fused-ring (bicyclic) bond motifs is 2. The first-order valence-electron chi connectivity index (χ1n) is 11.2. The van der Waals surface area contributed by atoms with Gasteiger partial charge in [0, 0.05) is 45.0 Å². The summed E-state index contributed by atoms with van der Waals surface area (Å²) < 4.78 is 26.7. The SMILES string of the molecule is Cc1cn(CCOCCC(=O)N2CCN(c3nc4cc(F)ccc4o3)CC2)c2cn[nH]c(=O)c12. The van der Waals surface area contributed by atoms with Crippen molar-refractivity contribution in [1.82, 2.24) is 24.6 Å². The van der Waals surface area contributed by atoms with Crippen molar-refractivity contribution in [1.29, 1.82) is 0 Å². The second-order valence-corrected chi connectivity index (χ2v) is 8.30. The number of nitrogens with one attached hydrogen (secondary N) is 1. The molecule has 1 aliphatic rings. The van der Waals surface area contributed by atoms with Gasteiger partial charge in [-0.25, -0.2) is 9.49 Å². The van der Waals surface area contributed by atoms with Gasteiger partial charge in [-0.05, 0) is 24.6 Å². The standard InChI is InChI=1S/C23H25FN6O4/c1-15-14-30(18-13-25-27-22(32)21(15)18)9-11-33-10-4-20(31)28-5-7-29(8-6-28)23-26-17-12-16(24)2-3-19(17)34-23/h2-3,12-14H,4-11H2,1H3,(H,27,32). The van der Waals surface area contributed by atoms with E-state index in [4.69, 9.17) is 9.15 Å². The fourth-order valence-electron chi connectivity index (χ4n) is 4.29. The minimum atomic E-state index is -0.353. The molecule has 0 radical (unpaired) electrons. The Balaban J connectivity index is 1.06. The van der Waals surface area contributed by atoms with E-state index in [0.717, 1.165) is 11.1 Å². The highest BCUT2D eigenvalue weighted by Crippen LogP contribution is 2.23. The van der Waals surface area contributed by atoms with Gasteiger partial charge in [-0.2, -0.15) is 10.1 Å². The van der Waals surface area contributed by atoms with Crippen LogP contribution in [0.15, 0.2) is 39.8 Å². The van der Waals surface area contributed by atoms with Gasteiger partial charge >= 0.3 is 0 Å². The van der Waals surface area contributed by atoms with Gasteiger partial charge in [0.05, 0.1) is 36.7 Å². The molecule has 5 rings (SSSR count). The van der Waals surface area contributed by atoms with Crippen molar-refractivity contribution in [3.05, 3.63) is 52.3 Å². The maximum Gasteiger partial charge on any atom is 0.298 e. The number of aryl methyl sites for hydroxylation is 1. The third kappa shape index (κ3) is 4.38. The molecule has 1 aliphatic heterocycles. The van der Waals surface area contributed by atoms with E-state index in [1.807, 2.05) is 27.5 Å². The van der Waals surface area contributed by atoms with Gasteiger partial charge in [-0.3, -0.25) is 9.59 Å². The number of rotatable bonds is 7. The molecule has 1 amide bonds. The number of nitrogens with zero attached hydrogens (tertiary/aromatic N) is 5. The Kier molecular flexibility index (Phi) is 6.01. The van der Waals surface area contributed by atoms with E-state index < -0.39 is 0 Å². The van der Waals surface area contributed by atoms with Crippen LogP contribution in [0.5, 0.6) is 0 Å². The first-order valence-corrected chi connectivity index (χ1v) is 11.2. The van der Waals surface area contributed by atoms with Crippen LogP contribution in [0.2, 0.25) is 0 Å². The molecule has 0 spiro atoms. The maximum absolute atomic E-state index is 13.4. The Morgan fingerprint density at radius 1 is 1.24 bits per heavy atom. The summed E-state index contributed by atoms with van der Waals surface area (Å²) in [5, 5.41) is 6.95. The minimum absolute atomic E-state index is 0.0391. The largest absolute Gasteiger partial charge is 0.423 e. The molecule has 0 atom stereocenters. The van der Waals surface area contributed by atoms with Crippen LogP contribution in [-0.4, -0.2) is 69.9 Å². The fraction of sp³-hybridized carbons (Fsp3) is 0.391. The number of anilines is 1. The van der Waals surface area contributed by atoms with Gasteiger partial charge in [0.2, 0.25) is 5.91 Å². The summed E-state index contributed by atoms with van der Waals surface area (Å²) in [5.74, 6) is -0.314. The average Bonchev–Trinajstić information content (AvgIpc) is 3.40. The van der Waals surface area contributed by atoms with E-state index >= 15 is 0 Å². The summed E-state index contributed by atoms with van der Waals surface area (Å²) >= 11 is 0. The molecule has 10 nitrogen and oxygen atoms in total. The maximum atomic E-state index is 13.4. The number of hydrogen-bond donors (Lipinski definition) is 1. The van der Waals surface area contributed by atoms with E-state index in [1.54, 1.807) is 12.3 Å². The molecule has 0 unspecified atom stereocenters. The number of ether oxygens (including phenoxy) is 1. The summed E-state index contributed by atoms with van der Waals surface area (Å²) in [6.07, 6.45) is 3.84. The number of oxazole rings is 1. The van der Waals surface area contributed by atoms with Crippen molar-refractivity contribution in [2.75, 3.05) is 44.3 Å². The topological polar surface area (TPSA) is 109 Å². The predicted molar refractivity (Wildman–Crippen MR) is 123 cm³/mol. The second kappa shape index (κ2) is 9.26. The van der Waals surface area contributed by atoms with E-state index in [9.17, 15) is 14.0 Å². The highest BCUT2D eigenvalue weighted by atomic mass is 19.1. The molecule has 1 fully saturated rings. The first kappa shape index (κ1) is 22.1. The van der Waals surface area contributed by atoms with Crippen LogP contribution in [0.3, 0.4) is 0 Å². The van der Waals surface area contributed by atoms with Crippen molar-refractivity contribution in [2.45, 2.75) is 19.9 Å². The lowest BCUT2D eigenvalue weighted by Gasteiger charge is -2.33. The molecule has 1 aromatic carbocycles. The Labute approximate surface area is 193 Å². The molecule has 0 bridgehead atoms. The first-order chi connectivity index (χ1) is 16.5. The van der Waals surface area contributed by atoms with Crippen molar-refractivity contribution < 1.29 is 18.3 Å². The summed E-state index contributed by atoms with van der Waals surface area (Å²) in [6, 6.07) is 4.70. The molecule has 3 aromatic heterocycles. The molecule has 178 valence electrons. The van der Waals surface area contributed by atoms with Crippen molar-refractivity contribution >= 4 is 33.9 Å². The molecule has 4 heterocycles. The highest BCUT2D eigenvalue weighted by Gasteiger charge is 2.24. The van der Waals surface area contributed by atoms with Gasteiger partial charge in [-0.1, -0.05) is 0 Å². The van der Waals surface area contributed by atoms with Gasteiger partial charge in [0.1, 0.15) is 11.3 Å². The van der Waals surface area contributed by atoms with E-state index in [2.05, 4.69) is 15.2 Å². The normalized spacial score (nSPS) is 14.4. The van der Waals surface area contributed by atoms with E-state index in [1.165, 1.54) is 12.1 Å². The smallest absolute Gasteiger partial charge is 0.298 e. The van der Waals surface area contributed by atoms with Crippen molar-refractivity contribution in [2.24, 2.45) is 0 Å². The monoisotopic (exact) mass is 468 g/mol. The Hall–Kier alpha value is -3.73. The lowest BCUT2D eigenvalue weighted by molar-refractivity contribution is -0.132. The number of carbonyl (C=O) groups excluding carboxylic acids is 1. The quantitative estimate of drug-likeness (QED) is 0.414. The molecule has 0 saturated carbocycles. The third-order valence-electron chi connectivity index (χ3n) is 6.07. The zero-order chi connectivity index (χ0) is 23.7. The summed E-state index contributed by atoms with van der Waals surface area (Å²) in [7, 11) is 0. The molecular formula is C23H25FN6O4. The molecular weight excluding hydrogens is 443 g/mol. The fourth-order valence-corrected chi connectivity index (χ4v) is 4.29. The summed E-state index contributed by atoms with van der Waals surface area (Å²) in [5.41, 5.74) is 2.47. The molecule has 0 aliphatic carbocycles. The van der Waals surface area contributed by atoms with Crippen LogP contribution in [0.1, 0.15) is 12.0 Å². The van der Waals surface area contributed by atoms with Crippen LogP contribution in [0, 0.1) is 12.7 Å². The van der Waals surface area contributed by atoms with Crippen LogP contribution in [0.25, 0.3) is 22.0 Å². The summed E-state index contributed by atoms with van der Waals surface area (Å²) in [6.45, 7) is 5.50. The van der Waals surface area contributed by atoms with E-state index in [-0.39, 0.29) is 17.3 Å². The van der Waals surface area contributed by atoms with Crippen LogP contribution >= 0.6 is 0 Å². The number of H-pyrrole nitrogens is 1. The number of piperazine rings is 1. The third-order valence-corrected chi connectivity index (χ3v) is 6.07. The summed E-state index contributed by atoms with van der Waals surface area (Å²) in [4.78, 5) is 32.6. The molecule has 34 heavy (non-hydrogen) atoms. The van der Waals surface area contributed by atoms with Crippen LogP contribution in [-0.2, 0) is 16.1 Å². The van der Waals surface area contributed by atoms with Gasteiger partial charge < -0.3 is 23.5 Å². The van der Waals surface area contributed by atoms with Gasteiger partial charge in [0.25, 0.3) is 11.6 Å². The second-order valence-electron chi connectivity index (χ2n) is 8.30. The van der Waals surface area contributed by atoms with Crippen LogP contribution < -0.4 is 10.5 Å². The zero-order valence-electron chi connectivity index (χ0n) is 18.8. The van der Waals surface area contributed by atoms with Gasteiger partial charge in [-0.15, -0.1) is 0 Å². The number of aromatic amines is 1. The molecule has 11 heteroatoms. The number of benzene rings is 1. The highest BCUT2D eigenvalue weighted by molar-refractivity contribution is 5.81. The minimum Gasteiger partial charge on any atom is -0.423 e. The van der Waals surface area contributed by atoms with Crippen molar-refractivity contribution in [3.63, 3.8) is 0 Å². The van der Waals surface area contributed by atoms with Gasteiger partial charge in [0.15, 0.2) is 5.58 Å². The number of aromatic nitrogens is 4. The molecule has 1 N–H and O–H groups in total. The number of carbonyl (C=O) groups is 1. The average molecular weight is 468 g/mol. The lowest BCUT2D eigenvalue weighted by atomic mass is 10.2. The zero-order valence-corrected chi connectivity index (χ0v) is 18.8. The Morgan fingerprint density at radius 2 is 2.06 bits per heavy atom. The van der Waals surface area contributed by atoms with E-state index in [0.29, 0.717) is 74.9 Å². The molecule has 4 aromatic rings. The number of halogens is 1.